The molecule has 206 valence electrons. The standard InChI is InChI=1S/C29H30Cl2N2O6/c1-3-38-27(34)19-33(29(35)32-11-13-37-14-12-32)22-17-24(30)28(25(31)18-22)39-23-9-10-26(36-2)21(16-23)15-20-7-5-4-6-8-20/h4-10,16-18H,3,11-15,19H2,1-2H3. The molecule has 0 atom stereocenters. The van der Waals surface area contributed by atoms with Crippen molar-refractivity contribution in [2.75, 3.05) is 51.5 Å². The SMILES string of the molecule is CCOC(=O)CN(C(=O)N1CCOCC1)c1cc(Cl)c(Oc2ccc(OC)c(Cc3ccccc3)c2)c(Cl)c1. The number of amides is 2. The highest BCUT2D eigenvalue weighted by atomic mass is 35.5. The molecule has 8 nitrogen and oxygen atoms in total. The highest BCUT2D eigenvalue weighted by Gasteiger charge is 2.28. The predicted octanol–water partition coefficient (Wildman–Crippen LogP) is 6.21. The lowest BCUT2D eigenvalue weighted by Gasteiger charge is -2.32. The van der Waals surface area contributed by atoms with E-state index in [4.69, 9.17) is 42.1 Å². The van der Waals surface area contributed by atoms with Crippen molar-refractivity contribution in [3.8, 4) is 17.2 Å². The van der Waals surface area contributed by atoms with Gasteiger partial charge in [-0.05, 0) is 42.8 Å². The molecule has 2 amide bonds. The number of hydrogen-bond donors (Lipinski definition) is 0. The molecule has 10 heteroatoms. The summed E-state index contributed by atoms with van der Waals surface area (Å²) in [5.74, 6) is 0.935. The molecular weight excluding hydrogens is 543 g/mol. The zero-order valence-electron chi connectivity index (χ0n) is 21.8. The summed E-state index contributed by atoms with van der Waals surface area (Å²) in [5, 5.41) is 0.364. The summed E-state index contributed by atoms with van der Waals surface area (Å²) in [6, 6.07) is 18.2. The molecule has 39 heavy (non-hydrogen) atoms. The van der Waals surface area contributed by atoms with Crippen LogP contribution in [0.2, 0.25) is 10.0 Å². The Morgan fingerprint density at radius 3 is 2.33 bits per heavy atom. The molecular formula is C29H30Cl2N2O6. The normalized spacial score (nSPS) is 13.1. The first kappa shape index (κ1) is 28.5. The molecule has 1 aliphatic rings. The van der Waals surface area contributed by atoms with Gasteiger partial charge in [0, 0.05) is 30.8 Å². The zero-order valence-corrected chi connectivity index (χ0v) is 23.3. The van der Waals surface area contributed by atoms with Crippen LogP contribution in [-0.2, 0) is 20.7 Å². The molecule has 1 fully saturated rings. The molecule has 1 aliphatic heterocycles. The molecule has 4 rings (SSSR count). The summed E-state index contributed by atoms with van der Waals surface area (Å²) in [6.07, 6.45) is 0.647. The van der Waals surface area contributed by atoms with E-state index >= 15 is 0 Å². The number of carbonyl (C=O) groups is 2. The third-order valence-corrected chi connectivity index (χ3v) is 6.67. The Labute approximate surface area is 237 Å². The van der Waals surface area contributed by atoms with Crippen LogP contribution in [0.1, 0.15) is 18.1 Å². The van der Waals surface area contributed by atoms with E-state index in [0.29, 0.717) is 44.2 Å². The third-order valence-electron chi connectivity index (χ3n) is 6.11. The van der Waals surface area contributed by atoms with Gasteiger partial charge in [-0.15, -0.1) is 0 Å². The van der Waals surface area contributed by atoms with E-state index in [9.17, 15) is 9.59 Å². The van der Waals surface area contributed by atoms with E-state index in [0.717, 1.165) is 16.9 Å². The van der Waals surface area contributed by atoms with Crippen molar-refractivity contribution >= 4 is 40.9 Å². The van der Waals surface area contributed by atoms with Gasteiger partial charge in [-0.3, -0.25) is 9.69 Å². The van der Waals surface area contributed by atoms with Crippen LogP contribution in [0.5, 0.6) is 17.2 Å². The second-order valence-electron chi connectivity index (χ2n) is 8.75. The minimum Gasteiger partial charge on any atom is -0.496 e. The number of hydrogen-bond acceptors (Lipinski definition) is 6. The summed E-state index contributed by atoms with van der Waals surface area (Å²) < 4.78 is 22.1. The monoisotopic (exact) mass is 572 g/mol. The highest BCUT2D eigenvalue weighted by molar-refractivity contribution is 6.37. The maximum atomic E-state index is 13.3. The van der Waals surface area contributed by atoms with Crippen molar-refractivity contribution in [3.63, 3.8) is 0 Å². The quantitative estimate of drug-likeness (QED) is 0.284. The van der Waals surface area contributed by atoms with Gasteiger partial charge in [0.2, 0.25) is 0 Å². The van der Waals surface area contributed by atoms with Crippen LogP contribution in [0.4, 0.5) is 10.5 Å². The number of rotatable bonds is 9. The van der Waals surface area contributed by atoms with E-state index < -0.39 is 5.97 Å². The second-order valence-corrected chi connectivity index (χ2v) is 9.56. The van der Waals surface area contributed by atoms with Crippen LogP contribution >= 0.6 is 23.2 Å². The van der Waals surface area contributed by atoms with Gasteiger partial charge in [0.25, 0.3) is 0 Å². The van der Waals surface area contributed by atoms with Gasteiger partial charge in [-0.1, -0.05) is 53.5 Å². The summed E-state index contributed by atoms with van der Waals surface area (Å²) in [6.45, 7) is 3.26. The first-order valence-corrected chi connectivity index (χ1v) is 13.3. The van der Waals surface area contributed by atoms with E-state index in [1.165, 1.54) is 4.90 Å². The van der Waals surface area contributed by atoms with Crippen LogP contribution in [-0.4, -0.2) is 63.5 Å². The van der Waals surface area contributed by atoms with Gasteiger partial charge in [0.15, 0.2) is 5.75 Å². The van der Waals surface area contributed by atoms with Gasteiger partial charge < -0.3 is 23.8 Å². The Hall–Kier alpha value is -3.46. The molecule has 0 bridgehead atoms. The average Bonchev–Trinajstić information content (AvgIpc) is 2.94. The number of halogens is 2. The van der Waals surface area contributed by atoms with Crippen molar-refractivity contribution in [3.05, 3.63) is 81.8 Å². The molecule has 0 unspecified atom stereocenters. The van der Waals surface area contributed by atoms with Crippen LogP contribution in [0.3, 0.4) is 0 Å². The number of urea groups is 1. The van der Waals surface area contributed by atoms with Crippen molar-refractivity contribution in [2.24, 2.45) is 0 Å². The summed E-state index contributed by atoms with van der Waals surface area (Å²) >= 11 is 13.2. The number of morpholine rings is 1. The number of carbonyl (C=O) groups excluding carboxylic acids is 2. The third kappa shape index (κ3) is 7.35. The molecule has 0 aliphatic carbocycles. The fraction of sp³-hybridized carbons (Fsp3) is 0.310. The van der Waals surface area contributed by atoms with Gasteiger partial charge in [0.1, 0.15) is 18.0 Å². The zero-order chi connectivity index (χ0) is 27.8. The van der Waals surface area contributed by atoms with E-state index in [2.05, 4.69) is 0 Å². The Bertz CT molecular complexity index is 1280. The van der Waals surface area contributed by atoms with Crippen molar-refractivity contribution in [1.82, 2.24) is 4.90 Å². The van der Waals surface area contributed by atoms with Gasteiger partial charge in [-0.2, -0.15) is 0 Å². The molecule has 0 aromatic heterocycles. The largest absolute Gasteiger partial charge is 0.496 e. The summed E-state index contributed by atoms with van der Waals surface area (Å²) in [7, 11) is 1.62. The smallest absolute Gasteiger partial charge is 0.326 e. The number of benzene rings is 3. The Morgan fingerprint density at radius 1 is 1.00 bits per heavy atom. The fourth-order valence-electron chi connectivity index (χ4n) is 4.22. The van der Waals surface area contributed by atoms with E-state index in [1.807, 2.05) is 42.5 Å². The van der Waals surface area contributed by atoms with Crippen molar-refractivity contribution < 1.29 is 28.5 Å². The first-order valence-electron chi connectivity index (χ1n) is 12.6. The molecule has 0 N–H and O–H groups in total. The minimum atomic E-state index is -0.546. The number of ether oxygens (including phenoxy) is 4. The number of nitrogens with zero attached hydrogens (tertiary/aromatic N) is 2. The fourth-order valence-corrected chi connectivity index (χ4v) is 4.77. The van der Waals surface area contributed by atoms with Gasteiger partial charge in [0.05, 0.1) is 37.0 Å². The Balaban J connectivity index is 1.60. The number of anilines is 1. The molecule has 1 saturated heterocycles. The van der Waals surface area contributed by atoms with Crippen LogP contribution in [0, 0.1) is 0 Å². The number of methoxy groups -OCH3 is 1. The Kier molecular flexibility index (Phi) is 9.92. The van der Waals surface area contributed by atoms with Crippen molar-refractivity contribution in [1.29, 1.82) is 0 Å². The molecule has 1 heterocycles. The number of esters is 1. The summed E-state index contributed by atoms with van der Waals surface area (Å²) in [4.78, 5) is 28.6. The highest BCUT2D eigenvalue weighted by Crippen LogP contribution is 2.41. The lowest BCUT2D eigenvalue weighted by molar-refractivity contribution is -0.141. The Morgan fingerprint density at radius 2 is 1.69 bits per heavy atom. The maximum absolute atomic E-state index is 13.3. The van der Waals surface area contributed by atoms with E-state index in [1.54, 1.807) is 37.1 Å². The van der Waals surface area contributed by atoms with Gasteiger partial charge in [-0.25, -0.2) is 4.79 Å². The predicted molar refractivity (Wildman–Crippen MR) is 151 cm³/mol. The lowest BCUT2D eigenvalue weighted by atomic mass is 10.0. The van der Waals surface area contributed by atoms with Crippen LogP contribution in [0.25, 0.3) is 0 Å². The van der Waals surface area contributed by atoms with Gasteiger partial charge >= 0.3 is 12.0 Å². The molecule has 3 aromatic rings. The van der Waals surface area contributed by atoms with E-state index in [-0.39, 0.29) is 35.0 Å². The van der Waals surface area contributed by atoms with Crippen LogP contribution < -0.4 is 14.4 Å². The molecule has 3 aromatic carbocycles. The van der Waals surface area contributed by atoms with Crippen LogP contribution in [0.15, 0.2) is 60.7 Å². The lowest BCUT2D eigenvalue weighted by Crippen LogP contribution is -2.50. The maximum Gasteiger partial charge on any atom is 0.326 e. The van der Waals surface area contributed by atoms with Crippen molar-refractivity contribution in [2.45, 2.75) is 13.3 Å². The second kappa shape index (κ2) is 13.6. The summed E-state index contributed by atoms with van der Waals surface area (Å²) in [5.41, 5.74) is 2.41. The first-order chi connectivity index (χ1) is 18.9. The minimum absolute atomic E-state index is 0.182. The molecule has 0 radical (unpaired) electrons. The average molecular weight is 573 g/mol. The molecule has 0 spiro atoms. The topological polar surface area (TPSA) is 77.5 Å². The molecule has 0 saturated carbocycles.